The van der Waals surface area contributed by atoms with Crippen LogP contribution in [0.1, 0.15) is 11.6 Å². The Bertz CT molecular complexity index is 557. The molecule has 1 atom stereocenters. The molecule has 0 amide bonds. The topological polar surface area (TPSA) is 38.3 Å². The van der Waals surface area contributed by atoms with Gasteiger partial charge in [0.1, 0.15) is 11.8 Å². The first-order valence-electron chi connectivity index (χ1n) is 5.86. The summed E-state index contributed by atoms with van der Waals surface area (Å²) in [6, 6.07) is 16.1. The van der Waals surface area contributed by atoms with E-state index in [2.05, 4.69) is 5.32 Å². The lowest BCUT2D eigenvalue weighted by Crippen LogP contribution is -2.17. The zero-order valence-corrected chi connectivity index (χ0v) is 11.2. The number of nitrogens with one attached hydrogen (secondary N) is 1. The molecule has 1 N–H and O–H groups in total. The van der Waals surface area contributed by atoms with Gasteiger partial charge < -0.3 is 10.1 Å². The van der Waals surface area contributed by atoms with Gasteiger partial charge >= 0.3 is 0 Å². The molecule has 1 unspecified atom stereocenters. The SMILES string of the molecule is COc1ccccc1NC(C(=O)Cl)c1ccccc1. The Morgan fingerprint density at radius 1 is 1.11 bits per heavy atom. The molecule has 0 radical (unpaired) electrons. The third-order valence-corrected chi connectivity index (χ3v) is 2.98. The maximum Gasteiger partial charge on any atom is 0.248 e. The van der Waals surface area contributed by atoms with Gasteiger partial charge in [-0.15, -0.1) is 0 Å². The highest BCUT2D eigenvalue weighted by molar-refractivity contribution is 6.64. The van der Waals surface area contributed by atoms with Crippen LogP contribution in [0.25, 0.3) is 0 Å². The van der Waals surface area contributed by atoms with Gasteiger partial charge in [-0.1, -0.05) is 42.5 Å². The summed E-state index contributed by atoms with van der Waals surface area (Å²) in [5.41, 5.74) is 1.54. The van der Waals surface area contributed by atoms with Crippen LogP contribution in [0.3, 0.4) is 0 Å². The van der Waals surface area contributed by atoms with Crippen molar-refractivity contribution in [2.24, 2.45) is 0 Å². The highest BCUT2D eigenvalue weighted by Crippen LogP contribution is 2.28. The minimum absolute atomic E-state index is 0.461. The Kier molecular flexibility index (Phi) is 4.42. The molecule has 98 valence electrons. The molecule has 2 aromatic carbocycles. The van der Waals surface area contributed by atoms with Crippen molar-refractivity contribution < 1.29 is 9.53 Å². The third-order valence-electron chi connectivity index (χ3n) is 2.77. The summed E-state index contributed by atoms with van der Waals surface area (Å²) in [5.74, 6) is 0.668. The number of halogens is 1. The number of benzene rings is 2. The number of carbonyl (C=O) groups is 1. The molecule has 0 aliphatic rings. The maximum absolute atomic E-state index is 11.6. The number of methoxy groups -OCH3 is 1. The Balaban J connectivity index is 2.30. The summed E-state index contributed by atoms with van der Waals surface area (Å²) < 4.78 is 5.24. The summed E-state index contributed by atoms with van der Waals surface area (Å²) in [5, 5.41) is 2.65. The van der Waals surface area contributed by atoms with E-state index < -0.39 is 11.3 Å². The van der Waals surface area contributed by atoms with Gasteiger partial charge in [-0.2, -0.15) is 0 Å². The predicted molar refractivity (Wildman–Crippen MR) is 76.7 cm³/mol. The monoisotopic (exact) mass is 275 g/mol. The second-order valence-electron chi connectivity index (χ2n) is 3.99. The molecule has 0 saturated heterocycles. The van der Waals surface area contributed by atoms with E-state index in [0.717, 1.165) is 11.3 Å². The maximum atomic E-state index is 11.6. The van der Waals surface area contributed by atoms with E-state index in [1.807, 2.05) is 54.6 Å². The van der Waals surface area contributed by atoms with Gasteiger partial charge in [-0.05, 0) is 29.3 Å². The quantitative estimate of drug-likeness (QED) is 0.847. The second kappa shape index (κ2) is 6.25. The number of hydrogen-bond acceptors (Lipinski definition) is 3. The molecule has 0 aromatic heterocycles. The first-order valence-corrected chi connectivity index (χ1v) is 6.24. The van der Waals surface area contributed by atoms with Crippen molar-refractivity contribution in [3.05, 3.63) is 60.2 Å². The fourth-order valence-electron chi connectivity index (χ4n) is 1.84. The second-order valence-corrected chi connectivity index (χ2v) is 4.36. The van der Waals surface area contributed by atoms with Crippen LogP contribution in [-0.2, 0) is 4.79 Å². The largest absolute Gasteiger partial charge is 0.495 e. The fraction of sp³-hybridized carbons (Fsp3) is 0.133. The van der Waals surface area contributed by atoms with E-state index in [0.29, 0.717) is 5.75 Å². The van der Waals surface area contributed by atoms with E-state index in [1.54, 1.807) is 7.11 Å². The molecule has 0 bridgehead atoms. The van der Waals surface area contributed by atoms with Gasteiger partial charge in [-0.3, -0.25) is 4.79 Å². The summed E-state index contributed by atoms with van der Waals surface area (Å²) in [6.45, 7) is 0. The summed E-state index contributed by atoms with van der Waals surface area (Å²) in [7, 11) is 1.58. The molecule has 0 saturated carbocycles. The number of rotatable bonds is 5. The average molecular weight is 276 g/mol. The number of anilines is 1. The molecule has 2 rings (SSSR count). The highest BCUT2D eigenvalue weighted by Gasteiger charge is 2.19. The minimum atomic E-state index is -0.598. The Morgan fingerprint density at radius 3 is 2.37 bits per heavy atom. The standard InChI is InChI=1S/C15H14ClNO2/c1-19-13-10-6-5-9-12(13)17-14(15(16)18)11-7-3-2-4-8-11/h2-10,14,17H,1H3. The van der Waals surface area contributed by atoms with Crippen LogP contribution in [0.5, 0.6) is 5.75 Å². The molecular weight excluding hydrogens is 262 g/mol. The first kappa shape index (κ1) is 13.4. The molecule has 19 heavy (non-hydrogen) atoms. The van der Waals surface area contributed by atoms with Gasteiger partial charge in [0.05, 0.1) is 12.8 Å². The van der Waals surface area contributed by atoms with E-state index in [-0.39, 0.29) is 0 Å². The van der Waals surface area contributed by atoms with Crippen LogP contribution in [0, 0.1) is 0 Å². The lowest BCUT2D eigenvalue weighted by atomic mass is 10.1. The van der Waals surface area contributed by atoms with Crippen molar-refractivity contribution in [2.75, 3.05) is 12.4 Å². The van der Waals surface area contributed by atoms with Gasteiger partial charge in [0.25, 0.3) is 0 Å². The molecule has 3 nitrogen and oxygen atoms in total. The van der Waals surface area contributed by atoms with Crippen LogP contribution < -0.4 is 10.1 Å². The molecule has 2 aromatic rings. The zero-order valence-electron chi connectivity index (χ0n) is 10.5. The van der Waals surface area contributed by atoms with Crippen molar-refractivity contribution in [3.8, 4) is 5.75 Å². The van der Waals surface area contributed by atoms with Crippen LogP contribution in [0.4, 0.5) is 5.69 Å². The van der Waals surface area contributed by atoms with Crippen LogP contribution in [-0.4, -0.2) is 12.4 Å². The van der Waals surface area contributed by atoms with Crippen LogP contribution in [0.15, 0.2) is 54.6 Å². The van der Waals surface area contributed by atoms with E-state index in [1.165, 1.54) is 0 Å². The summed E-state index contributed by atoms with van der Waals surface area (Å²) in [6.07, 6.45) is 0. The molecule has 0 aliphatic heterocycles. The Labute approximate surface area is 117 Å². The van der Waals surface area contributed by atoms with E-state index >= 15 is 0 Å². The van der Waals surface area contributed by atoms with Crippen LogP contribution in [0.2, 0.25) is 0 Å². The van der Waals surface area contributed by atoms with Crippen molar-refractivity contribution in [2.45, 2.75) is 6.04 Å². The number of hydrogen-bond donors (Lipinski definition) is 1. The number of carbonyl (C=O) groups excluding carboxylic acids is 1. The lowest BCUT2D eigenvalue weighted by molar-refractivity contribution is -0.112. The molecule has 0 fully saturated rings. The summed E-state index contributed by atoms with van der Waals surface area (Å²) in [4.78, 5) is 11.6. The average Bonchev–Trinajstić information content (AvgIpc) is 2.45. The predicted octanol–water partition coefficient (Wildman–Crippen LogP) is 3.61. The third kappa shape index (κ3) is 3.26. The fourth-order valence-corrected chi connectivity index (χ4v) is 2.02. The van der Waals surface area contributed by atoms with E-state index in [4.69, 9.17) is 16.3 Å². The minimum Gasteiger partial charge on any atom is -0.495 e. The normalized spacial score (nSPS) is 11.7. The molecule has 0 aliphatic carbocycles. The Hall–Kier alpha value is -2.00. The lowest BCUT2D eigenvalue weighted by Gasteiger charge is -2.18. The van der Waals surface area contributed by atoms with E-state index in [9.17, 15) is 4.79 Å². The molecule has 0 spiro atoms. The number of ether oxygens (including phenoxy) is 1. The smallest absolute Gasteiger partial charge is 0.248 e. The van der Waals surface area contributed by atoms with Crippen molar-refractivity contribution in [3.63, 3.8) is 0 Å². The van der Waals surface area contributed by atoms with Gasteiger partial charge in [0, 0.05) is 0 Å². The number of para-hydroxylation sites is 2. The first-order chi connectivity index (χ1) is 9.22. The Morgan fingerprint density at radius 2 is 1.74 bits per heavy atom. The van der Waals surface area contributed by atoms with Crippen molar-refractivity contribution >= 4 is 22.5 Å². The van der Waals surface area contributed by atoms with Gasteiger partial charge in [-0.25, -0.2) is 0 Å². The highest BCUT2D eigenvalue weighted by atomic mass is 35.5. The van der Waals surface area contributed by atoms with Gasteiger partial charge in [0.15, 0.2) is 0 Å². The molecule has 0 heterocycles. The summed E-state index contributed by atoms with van der Waals surface area (Å²) >= 11 is 5.68. The molecule has 4 heteroatoms. The van der Waals surface area contributed by atoms with Crippen LogP contribution >= 0.6 is 11.6 Å². The van der Waals surface area contributed by atoms with Crippen molar-refractivity contribution in [1.29, 1.82) is 0 Å². The van der Waals surface area contributed by atoms with Gasteiger partial charge in [0.2, 0.25) is 5.24 Å². The molecular formula is C15H14ClNO2. The van der Waals surface area contributed by atoms with Crippen molar-refractivity contribution in [1.82, 2.24) is 0 Å². The zero-order chi connectivity index (χ0) is 13.7.